The first-order valence-electron chi connectivity index (χ1n) is 12.7. The summed E-state index contributed by atoms with van der Waals surface area (Å²) < 4.78 is 41.2. The molecule has 11 nitrogen and oxygen atoms in total. The van der Waals surface area contributed by atoms with Gasteiger partial charge in [0.25, 0.3) is 0 Å². The number of carbonyl (C=O) groups is 3. The standard InChI is InChI=1S/C27H31F3N6O5/c1-16(31)35-12-10-18(11-13-35)34-26(32)17-4-2-5-19(14-17)33-22(38)15-36(23(39)8-9-24(40)41)20-6-3-7-21(37)25(20)27(28,29)30/h2-7,14,18,31,37H,8-13,15H2,1H3,(H2,32,34)(H,33,38)(H,40,41). The number of aliphatic imine (C=N–C) groups is 1. The Kier molecular flexibility index (Phi) is 9.92. The Balaban J connectivity index is 1.79. The first-order valence-corrected chi connectivity index (χ1v) is 12.7. The molecule has 2 amide bonds. The molecule has 220 valence electrons. The normalized spacial score (nSPS) is 14.4. The van der Waals surface area contributed by atoms with E-state index in [0.29, 0.717) is 42.2 Å². The number of nitrogens with two attached hydrogens (primary N) is 1. The number of aromatic hydroxyl groups is 1. The van der Waals surface area contributed by atoms with Crippen molar-refractivity contribution in [2.45, 2.75) is 44.8 Å². The van der Waals surface area contributed by atoms with E-state index in [-0.39, 0.29) is 17.6 Å². The number of rotatable bonds is 9. The lowest BCUT2D eigenvalue weighted by Crippen LogP contribution is -2.39. The second kappa shape index (κ2) is 13.2. The van der Waals surface area contributed by atoms with Gasteiger partial charge in [-0.15, -0.1) is 0 Å². The van der Waals surface area contributed by atoms with Crippen molar-refractivity contribution in [3.8, 4) is 5.75 Å². The average molecular weight is 577 g/mol. The van der Waals surface area contributed by atoms with Gasteiger partial charge in [0.1, 0.15) is 23.7 Å². The van der Waals surface area contributed by atoms with Gasteiger partial charge in [0, 0.05) is 30.8 Å². The molecule has 1 aliphatic rings. The molecule has 0 spiro atoms. The lowest BCUT2D eigenvalue weighted by atomic mass is 10.1. The van der Waals surface area contributed by atoms with Crippen molar-refractivity contribution in [1.29, 1.82) is 5.41 Å². The van der Waals surface area contributed by atoms with Crippen molar-refractivity contribution in [3.63, 3.8) is 0 Å². The van der Waals surface area contributed by atoms with Crippen molar-refractivity contribution in [1.82, 2.24) is 4.90 Å². The van der Waals surface area contributed by atoms with Crippen LogP contribution >= 0.6 is 0 Å². The van der Waals surface area contributed by atoms with Crippen LogP contribution in [0.3, 0.4) is 0 Å². The molecule has 2 aromatic carbocycles. The van der Waals surface area contributed by atoms with E-state index in [0.717, 1.165) is 18.2 Å². The minimum atomic E-state index is -5.07. The highest BCUT2D eigenvalue weighted by molar-refractivity contribution is 6.04. The van der Waals surface area contributed by atoms with E-state index in [1.165, 1.54) is 12.1 Å². The van der Waals surface area contributed by atoms with Crippen LogP contribution < -0.4 is 16.0 Å². The van der Waals surface area contributed by atoms with E-state index in [9.17, 15) is 32.7 Å². The monoisotopic (exact) mass is 576 g/mol. The van der Waals surface area contributed by atoms with Gasteiger partial charge in [-0.1, -0.05) is 18.2 Å². The predicted octanol–water partition coefficient (Wildman–Crippen LogP) is 3.41. The summed E-state index contributed by atoms with van der Waals surface area (Å²) in [5.74, 6) is -3.69. The molecule has 0 atom stereocenters. The number of carbonyl (C=O) groups excluding carboxylic acids is 2. The van der Waals surface area contributed by atoms with Crippen LogP contribution in [-0.4, -0.2) is 70.2 Å². The number of benzene rings is 2. The van der Waals surface area contributed by atoms with E-state index in [1.54, 1.807) is 19.1 Å². The van der Waals surface area contributed by atoms with E-state index in [4.69, 9.17) is 16.2 Å². The Bertz CT molecular complexity index is 1340. The molecule has 0 radical (unpaired) electrons. The van der Waals surface area contributed by atoms with E-state index in [1.807, 2.05) is 4.90 Å². The van der Waals surface area contributed by atoms with E-state index >= 15 is 0 Å². The third-order valence-electron chi connectivity index (χ3n) is 6.45. The van der Waals surface area contributed by atoms with Crippen molar-refractivity contribution in [2.75, 3.05) is 29.9 Å². The maximum atomic E-state index is 13.7. The Labute approximate surface area is 234 Å². The summed E-state index contributed by atoms with van der Waals surface area (Å²) in [6.45, 7) is 2.21. The molecule has 0 aliphatic carbocycles. The Morgan fingerprint density at radius 1 is 1.15 bits per heavy atom. The lowest BCUT2D eigenvalue weighted by Gasteiger charge is -2.31. The third-order valence-corrected chi connectivity index (χ3v) is 6.45. The molecule has 2 aromatic rings. The van der Waals surface area contributed by atoms with Gasteiger partial charge < -0.3 is 31.1 Å². The number of likely N-dealkylation sites (tertiary alicyclic amines) is 1. The number of carboxylic acids is 1. The minimum absolute atomic E-state index is 0.0423. The topological polar surface area (TPSA) is 172 Å². The second-order valence-electron chi connectivity index (χ2n) is 9.49. The quantitative estimate of drug-likeness (QED) is 0.225. The number of piperidine rings is 1. The average Bonchev–Trinajstić information content (AvgIpc) is 2.90. The number of alkyl halides is 3. The molecule has 14 heteroatoms. The molecular weight excluding hydrogens is 545 g/mol. The number of aliphatic carboxylic acids is 1. The largest absolute Gasteiger partial charge is 0.507 e. The molecule has 0 bridgehead atoms. The van der Waals surface area contributed by atoms with Crippen LogP contribution in [0.5, 0.6) is 5.75 Å². The summed E-state index contributed by atoms with van der Waals surface area (Å²) in [5, 5.41) is 29.1. The molecular formula is C27H31F3N6O5. The van der Waals surface area contributed by atoms with E-state index < -0.39 is 60.3 Å². The van der Waals surface area contributed by atoms with Crippen LogP contribution in [0.15, 0.2) is 47.5 Å². The molecule has 1 heterocycles. The van der Waals surface area contributed by atoms with Crippen molar-refractivity contribution >= 4 is 40.8 Å². The highest BCUT2D eigenvalue weighted by atomic mass is 19.4. The van der Waals surface area contributed by atoms with Crippen molar-refractivity contribution in [3.05, 3.63) is 53.6 Å². The van der Waals surface area contributed by atoms with Crippen LogP contribution in [0.2, 0.25) is 0 Å². The van der Waals surface area contributed by atoms with Crippen molar-refractivity contribution < 1.29 is 37.8 Å². The number of hydrogen-bond donors (Lipinski definition) is 5. The summed E-state index contributed by atoms with van der Waals surface area (Å²) in [6.07, 6.45) is -4.97. The van der Waals surface area contributed by atoms with Gasteiger partial charge in [0.15, 0.2) is 0 Å². The van der Waals surface area contributed by atoms with Gasteiger partial charge in [-0.25, -0.2) is 0 Å². The number of amidine groups is 2. The molecule has 1 fully saturated rings. The maximum Gasteiger partial charge on any atom is 0.421 e. The summed E-state index contributed by atoms with van der Waals surface area (Å²) in [5.41, 5.74) is 4.63. The number of nitrogens with one attached hydrogen (secondary N) is 2. The summed E-state index contributed by atoms with van der Waals surface area (Å²) >= 11 is 0. The molecule has 0 unspecified atom stereocenters. The van der Waals surface area contributed by atoms with Gasteiger partial charge in [-0.2, -0.15) is 13.2 Å². The number of halogens is 3. The van der Waals surface area contributed by atoms with Gasteiger partial charge in [0.05, 0.1) is 24.0 Å². The zero-order valence-electron chi connectivity index (χ0n) is 22.2. The Morgan fingerprint density at radius 2 is 1.80 bits per heavy atom. The fourth-order valence-corrected chi connectivity index (χ4v) is 4.40. The van der Waals surface area contributed by atoms with Gasteiger partial charge in [0.2, 0.25) is 11.8 Å². The molecule has 0 saturated carbocycles. The summed E-state index contributed by atoms with van der Waals surface area (Å²) in [4.78, 5) is 43.7. The van der Waals surface area contributed by atoms with Crippen LogP contribution in [0.25, 0.3) is 0 Å². The van der Waals surface area contributed by atoms with Gasteiger partial charge >= 0.3 is 12.1 Å². The Morgan fingerprint density at radius 3 is 2.41 bits per heavy atom. The number of anilines is 2. The molecule has 6 N–H and O–H groups in total. The van der Waals surface area contributed by atoms with Crippen molar-refractivity contribution in [2.24, 2.45) is 10.7 Å². The number of hydrogen-bond acceptors (Lipinski definition) is 6. The highest BCUT2D eigenvalue weighted by Gasteiger charge is 2.39. The van der Waals surface area contributed by atoms with Crippen LogP contribution in [0.4, 0.5) is 24.5 Å². The minimum Gasteiger partial charge on any atom is -0.507 e. The zero-order chi connectivity index (χ0) is 30.3. The summed E-state index contributed by atoms with van der Waals surface area (Å²) in [7, 11) is 0. The fraction of sp³-hybridized carbons (Fsp3) is 0.370. The molecule has 41 heavy (non-hydrogen) atoms. The molecule has 3 rings (SSSR count). The lowest BCUT2D eigenvalue weighted by molar-refractivity contribution is -0.140. The SMILES string of the molecule is CC(=N)N1CCC(N=C(N)c2cccc(NC(=O)CN(C(=O)CCC(=O)O)c3cccc(O)c3C(F)(F)F)c2)CC1. The maximum absolute atomic E-state index is 13.7. The smallest absolute Gasteiger partial charge is 0.421 e. The third kappa shape index (κ3) is 8.43. The second-order valence-corrected chi connectivity index (χ2v) is 9.49. The molecule has 0 aromatic heterocycles. The van der Waals surface area contributed by atoms with Crippen LogP contribution in [0, 0.1) is 5.41 Å². The van der Waals surface area contributed by atoms with Crippen LogP contribution in [0.1, 0.15) is 43.7 Å². The van der Waals surface area contributed by atoms with Gasteiger partial charge in [-0.3, -0.25) is 24.8 Å². The number of carboxylic acid groups (broad SMARTS) is 1. The fourth-order valence-electron chi connectivity index (χ4n) is 4.40. The Hall–Kier alpha value is -4.62. The number of phenolic OH excluding ortho intramolecular Hbond substituents is 1. The highest BCUT2D eigenvalue weighted by Crippen LogP contribution is 2.42. The zero-order valence-corrected chi connectivity index (χ0v) is 22.2. The molecule has 1 aliphatic heterocycles. The number of nitrogens with zero attached hydrogens (tertiary/aromatic N) is 3. The number of phenols is 1. The van der Waals surface area contributed by atoms with E-state index in [2.05, 4.69) is 10.3 Å². The van der Waals surface area contributed by atoms with Crippen LogP contribution in [-0.2, 0) is 20.6 Å². The first kappa shape index (κ1) is 30.9. The summed E-state index contributed by atoms with van der Waals surface area (Å²) in [6, 6.07) is 9.07. The number of amides is 2. The first-order chi connectivity index (χ1) is 19.3. The molecule has 1 saturated heterocycles. The predicted molar refractivity (Wildman–Crippen MR) is 146 cm³/mol. The van der Waals surface area contributed by atoms with Gasteiger partial charge in [-0.05, 0) is 44.0 Å².